The number of aromatic nitrogens is 3. The van der Waals surface area contributed by atoms with Gasteiger partial charge in [0.25, 0.3) is 0 Å². The average Bonchev–Trinajstić information content (AvgIpc) is 2.79. The number of sulfone groups is 1. The second-order valence-electron chi connectivity index (χ2n) is 7.82. The highest BCUT2D eigenvalue weighted by Crippen LogP contribution is 2.27. The fourth-order valence-corrected chi connectivity index (χ4v) is 4.45. The van der Waals surface area contributed by atoms with Gasteiger partial charge in [-0.1, -0.05) is 12.1 Å². The van der Waals surface area contributed by atoms with Gasteiger partial charge in [0.15, 0.2) is 15.7 Å². The third-order valence-electron chi connectivity index (χ3n) is 5.50. The topological polar surface area (TPSA) is 93.1 Å². The second-order valence-corrected chi connectivity index (χ2v) is 9.83. The minimum atomic E-state index is -3.24. The summed E-state index contributed by atoms with van der Waals surface area (Å²) in [6, 6.07) is 12.2. The van der Waals surface area contributed by atoms with Crippen LogP contribution in [0.2, 0.25) is 0 Å². The molecule has 1 aliphatic heterocycles. The molecule has 1 aromatic carbocycles. The predicted octanol–water partition coefficient (Wildman–Crippen LogP) is 2.89. The standard InChI is InChI=1S/C23H24N4O3S/c1-31(29,30)20-8-6-17(7-9-20)14-22(28)27-13-3-5-19(16-27)21-10-12-25-23(26-21)18-4-2-11-24-15-18/h2,4,6-12,15,19H,3,5,13-14,16H2,1H3/t19-/m1/s1. The molecule has 1 aliphatic rings. The van der Waals surface area contributed by atoms with Gasteiger partial charge in [0.05, 0.1) is 11.3 Å². The Morgan fingerprint density at radius 2 is 1.94 bits per heavy atom. The second kappa shape index (κ2) is 8.93. The van der Waals surface area contributed by atoms with Crippen LogP contribution in [-0.4, -0.2) is 53.5 Å². The first-order chi connectivity index (χ1) is 14.9. The first kappa shape index (κ1) is 21.1. The van der Waals surface area contributed by atoms with Crippen molar-refractivity contribution in [3.8, 4) is 11.4 Å². The minimum absolute atomic E-state index is 0.0401. The summed E-state index contributed by atoms with van der Waals surface area (Å²) in [5.41, 5.74) is 2.61. The highest BCUT2D eigenvalue weighted by atomic mass is 32.2. The summed E-state index contributed by atoms with van der Waals surface area (Å²) in [4.78, 5) is 28.2. The van der Waals surface area contributed by atoms with Crippen LogP contribution in [0.1, 0.15) is 30.0 Å². The first-order valence-corrected chi connectivity index (χ1v) is 12.1. The molecular formula is C23H24N4O3S. The average molecular weight is 437 g/mol. The van der Waals surface area contributed by atoms with E-state index in [2.05, 4.69) is 9.97 Å². The molecular weight excluding hydrogens is 412 g/mol. The number of carbonyl (C=O) groups is 1. The molecule has 7 nitrogen and oxygen atoms in total. The van der Waals surface area contributed by atoms with Crippen molar-refractivity contribution < 1.29 is 13.2 Å². The van der Waals surface area contributed by atoms with Gasteiger partial charge >= 0.3 is 0 Å². The predicted molar refractivity (Wildman–Crippen MR) is 117 cm³/mol. The van der Waals surface area contributed by atoms with Crippen molar-refractivity contribution in [3.05, 3.63) is 72.3 Å². The number of hydrogen-bond acceptors (Lipinski definition) is 6. The highest BCUT2D eigenvalue weighted by molar-refractivity contribution is 7.90. The SMILES string of the molecule is CS(=O)(=O)c1ccc(CC(=O)N2CCC[C@@H](c3ccnc(-c4cccnc4)n3)C2)cc1. The molecule has 0 aliphatic carbocycles. The molecule has 2 aromatic heterocycles. The summed E-state index contributed by atoms with van der Waals surface area (Å²) in [5, 5.41) is 0. The third kappa shape index (κ3) is 5.14. The van der Waals surface area contributed by atoms with Crippen molar-refractivity contribution in [2.45, 2.75) is 30.1 Å². The van der Waals surface area contributed by atoms with Crippen molar-refractivity contribution in [2.75, 3.05) is 19.3 Å². The van der Waals surface area contributed by atoms with Gasteiger partial charge in [-0.25, -0.2) is 18.4 Å². The van der Waals surface area contributed by atoms with Crippen LogP contribution in [0, 0.1) is 0 Å². The summed E-state index contributed by atoms with van der Waals surface area (Å²) in [6.07, 6.45) is 8.52. The number of amides is 1. The van der Waals surface area contributed by atoms with E-state index in [1.165, 1.54) is 6.26 Å². The van der Waals surface area contributed by atoms with Crippen LogP contribution in [0.25, 0.3) is 11.4 Å². The van der Waals surface area contributed by atoms with E-state index in [1.54, 1.807) is 42.9 Å². The van der Waals surface area contributed by atoms with Crippen LogP contribution < -0.4 is 0 Å². The molecule has 1 fully saturated rings. The number of pyridine rings is 1. The number of rotatable bonds is 5. The summed E-state index contributed by atoms with van der Waals surface area (Å²) >= 11 is 0. The zero-order valence-corrected chi connectivity index (χ0v) is 18.1. The Hall–Kier alpha value is -3.13. The number of likely N-dealkylation sites (tertiary alicyclic amines) is 1. The quantitative estimate of drug-likeness (QED) is 0.611. The zero-order valence-electron chi connectivity index (χ0n) is 17.3. The maximum Gasteiger partial charge on any atom is 0.227 e. The number of piperidine rings is 1. The molecule has 4 rings (SSSR count). The van der Waals surface area contributed by atoms with Gasteiger partial charge in [-0.05, 0) is 48.7 Å². The molecule has 0 N–H and O–H groups in total. The van der Waals surface area contributed by atoms with Gasteiger partial charge in [0, 0.05) is 55.1 Å². The Morgan fingerprint density at radius 1 is 1.13 bits per heavy atom. The van der Waals surface area contributed by atoms with E-state index in [1.807, 2.05) is 23.1 Å². The molecule has 1 saturated heterocycles. The normalized spacial score (nSPS) is 16.8. The van der Waals surface area contributed by atoms with E-state index in [4.69, 9.17) is 4.98 Å². The van der Waals surface area contributed by atoms with Gasteiger partial charge < -0.3 is 4.90 Å². The summed E-state index contributed by atoms with van der Waals surface area (Å²) in [5.74, 6) is 0.835. The van der Waals surface area contributed by atoms with E-state index in [9.17, 15) is 13.2 Å². The van der Waals surface area contributed by atoms with Crippen molar-refractivity contribution in [2.24, 2.45) is 0 Å². The number of hydrogen-bond donors (Lipinski definition) is 0. The lowest BCUT2D eigenvalue weighted by Crippen LogP contribution is -2.40. The lowest BCUT2D eigenvalue weighted by Gasteiger charge is -2.32. The van der Waals surface area contributed by atoms with Crippen molar-refractivity contribution in [3.63, 3.8) is 0 Å². The van der Waals surface area contributed by atoms with Gasteiger partial charge in [-0.2, -0.15) is 0 Å². The maximum atomic E-state index is 12.9. The molecule has 0 radical (unpaired) electrons. The van der Waals surface area contributed by atoms with E-state index < -0.39 is 9.84 Å². The van der Waals surface area contributed by atoms with Crippen LogP contribution in [-0.2, 0) is 21.1 Å². The number of nitrogens with zero attached hydrogens (tertiary/aromatic N) is 4. The molecule has 160 valence electrons. The van der Waals surface area contributed by atoms with Crippen LogP contribution in [0.4, 0.5) is 0 Å². The Kier molecular flexibility index (Phi) is 6.08. The molecule has 0 unspecified atom stereocenters. The van der Waals surface area contributed by atoms with Gasteiger partial charge in [-0.15, -0.1) is 0 Å². The summed E-state index contributed by atoms with van der Waals surface area (Å²) in [7, 11) is -3.24. The zero-order chi connectivity index (χ0) is 21.8. The molecule has 1 atom stereocenters. The van der Waals surface area contributed by atoms with Crippen LogP contribution >= 0.6 is 0 Å². The Morgan fingerprint density at radius 3 is 2.65 bits per heavy atom. The lowest BCUT2D eigenvalue weighted by molar-refractivity contribution is -0.131. The number of carbonyl (C=O) groups excluding carboxylic acids is 1. The van der Waals surface area contributed by atoms with E-state index in [-0.39, 0.29) is 23.1 Å². The monoisotopic (exact) mass is 436 g/mol. The van der Waals surface area contributed by atoms with Crippen LogP contribution in [0.5, 0.6) is 0 Å². The largest absolute Gasteiger partial charge is 0.342 e. The summed E-state index contributed by atoms with van der Waals surface area (Å²) in [6.45, 7) is 1.33. The Bertz CT molecular complexity index is 1160. The highest BCUT2D eigenvalue weighted by Gasteiger charge is 2.26. The van der Waals surface area contributed by atoms with Gasteiger partial charge in [0.1, 0.15) is 0 Å². The molecule has 0 bridgehead atoms. The molecule has 8 heteroatoms. The van der Waals surface area contributed by atoms with Crippen molar-refractivity contribution in [1.29, 1.82) is 0 Å². The number of benzene rings is 1. The van der Waals surface area contributed by atoms with Crippen molar-refractivity contribution in [1.82, 2.24) is 19.9 Å². The molecule has 31 heavy (non-hydrogen) atoms. The summed E-state index contributed by atoms with van der Waals surface area (Å²) < 4.78 is 23.2. The molecule has 1 amide bonds. The Balaban J connectivity index is 1.44. The molecule has 0 saturated carbocycles. The van der Waals surface area contributed by atoms with Crippen molar-refractivity contribution >= 4 is 15.7 Å². The van der Waals surface area contributed by atoms with Gasteiger partial charge in [0.2, 0.25) is 5.91 Å². The molecule has 3 aromatic rings. The van der Waals surface area contributed by atoms with E-state index in [0.717, 1.165) is 36.2 Å². The lowest BCUT2D eigenvalue weighted by atomic mass is 9.94. The van der Waals surface area contributed by atoms with Crippen LogP contribution in [0.3, 0.4) is 0 Å². The molecule has 3 heterocycles. The third-order valence-corrected chi connectivity index (χ3v) is 6.62. The van der Waals surface area contributed by atoms with Gasteiger partial charge in [-0.3, -0.25) is 9.78 Å². The maximum absolute atomic E-state index is 12.9. The minimum Gasteiger partial charge on any atom is -0.342 e. The van der Waals surface area contributed by atoms with E-state index in [0.29, 0.717) is 12.4 Å². The fourth-order valence-electron chi connectivity index (χ4n) is 3.82. The smallest absolute Gasteiger partial charge is 0.227 e. The molecule has 0 spiro atoms. The Labute approximate surface area is 182 Å². The first-order valence-electron chi connectivity index (χ1n) is 10.2. The van der Waals surface area contributed by atoms with Crippen LogP contribution in [0.15, 0.2) is 66.0 Å². The van der Waals surface area contributed by atoms with E-state index >= 15 is 0 Å². The fraction of sp³-hybridized carbons (Fsp3) is 0.304.